The summed E-state index contributed by atoms with van der Waals surface area (Å²) in [6.45, 7) is 1.33. The van der Waals surface area contributed by atoms with Crippen LogP contribution >= 0.6 is 23.2 Å². The first-order valence-corrected chi connectivity index (χ1v) is 6.30. The molecule has 2 aromatic rings. The molecule has 0 radical (unpaired) electrons. The zero-order valence-electron chi connectivity index (χ0n) is 9.90. The third kappa shape index (κ3) is 3.19. The highest BCUT2D eigenvalue weighted by Gasteiger charge is 2.06. The number of halogens is 2. The SMILES string of the molecule is CNCc1nnnn1CCc1ccc(Cl)cc1Cl. The largest absolute Gasteiger partial charge is 0.313 e. The van der Waals surface area contributed by atoms with Crippen molar-refractivity contribution in [3.8, 4) is 0 Å². The van der Waals surface area contributed by atoms with Crippen LogP contribution in [0.1, 0.15) is 11.4 Å². The Hall–Kier alpha value is -1.17. The Kier molecular flexibility index (Phi) is 4.52. The third-order valence-corrected chi connectivity index (χ3v) is 3.14. The summed E-state index contributed by atoms with van der Waals surface area (Å²) in [4.78, 5) is 0. The van der Waals surface area contributed by atoms with Crippen molar-refractivity contribution < 1.29 is 0 Å². The molecule has 0 saturated carbocycles. The van der Waals surface area contributed by atoms with E-state index < -0.39 is 0 Å². The van der Waals surface area contributed by atoms with Crippen LogP contribution in [0, 0.1) is 0 Å². The number of nitrogens with zero attached hydrogens (tertiary/aromatic N) is 4. The minimum Gasteiger partial charge on any atom is -0.313 e. The summed E-state index contributed by atoms with van der Waals surface area (Å²) in [6.07, 6.45) is 0.762. The molecule has 0 amide bonds. The minimum atomic E-state index is 0.640. The fourth-order valence-electron chi connectivity index (χ4n) is 1.63. The average molecular weight is 286 g/mol. The van der Waals surface area contributed by atoms with Gasteiger partial charge in [-0.1, -0.05) is 29.3 Å². The lowest BCUT2D eigenvalue weighted by atomic mass is 10.1. The number of hydrogen-bond donors (Lipinski definition) is 1. The van der Waals surface area contributed by atoms with Gasteiger partial charge in [-0.05, 0) is 41.6 Å². The van der Waals surface area contributed by atoms with Crippen molar-refractivity contribution in [1.82, 2.24) is 25.5 Å². The van der Waals surface area contributed by atoms with Gasteiger partial charge in [-0.2, -0.15) is 0 Å². The Morgan fingerprint density at radius 3 is 2.89 bits per heavy atom. The van der Waals surface area contributed by atoms with Crippen LogP contribution in [0.2, 0.25) is 10.0 Å². The first kappa shape index (κ1) is 13.3. The number of aromatic nitrogens is 4. The maximum atomic E-state index is 6.11. The van der Waals surface area contributed by atoms with Crippen LogP contribution in [0.25, 0.3) is 0 Å². The second kappa shape index (κ2) is 6.13. The Morgan fingerprint density at radius 2 is 2.17 bits per heavy atom. The fourth-order valence-corrected chi connectivity index (χ4v) is 2.14. The van der Waals surface area contributed by atoms with E-state index in [9.17, 15) is 0 Å². The van der Waals surface area contributed by atoms with E-state index in [1.165, 1.54) is 0 Å². The van der Waals surface area contributed by atoms with Crippen molar-refractivity contribution >= 4 is 23.2 Å². The molecule has 1 heterocycles. The molecule has 0 aliphatic heterocycles. The van der Waals surface area contributed by atoms with Crippen LogP contribution in [-0.2, 0) is 19.5 Å². The summed E-state index contributed by atoms with van der Waals surface area (Å²) in [6, 6.07) is 5.50. The molecule has 0 saturated heterocycles. The number of nitrogens with one attached hydrogen (secondary N) is 1. The van der Waals surface area contributed by atoms with Gasteiger partial charge in [-0.15, -0.1) is 5.10 Å². The smallest absolute Gasteiger partial charge is 0.165 e. The lowest BCUT2D eigenvalue weighted by Gasteiger charge is -2.06. The summed E-state index contributed by atoms with van der Waals surface area (Å²) in [7, 11) is 1.86. The van der Waals surface area contributed by atoms with Crippen LogP contribution in [0.5, 0.6) is 0 Å². The Labute approximate surface area is 115 Å². The van der Waals surface area contributed by atoms with Gasteiger partial charge in [0.05, 0.1) is 6.54 Å². The molecule has 0 bridgehead atoms. The number of rotatable bonds is 5. The molecular formula is C11H13Cl2N5. The molecule has 1 aromatic carbocycles. The molecule has 0 atom stereocenters. The quantitative estimate of drug-likeness (QED) is 0.912. The van der Waals surface area contributed by atoms with Crippen LogP contribution in [0.3, 0.4) is 0 Å². The first-order chi connectivity index (χ1) is 8.70. The Morgan fingerprint density at radius 1 is 1.33 bits per heavy atom. The van der Waals surface area contributed by atoms with Gasteiger partial charge in [-0.25, -0.2) is 4.68 Å². The lowest BCUT2D eigenvalue weighted by Crippen LogP contribution is -2.14. The predicted octanol–water partition coefficient (Wildman–Crippen LogP) is 1.94. The topological polar surface area (TPSA) is 55.6 Å². The first-order valence-electron chi connectivity index (χ1n) is 5.54. The molecule has 96 valence electrons. The van der Waals surface area contributed by atoms with Crippen molar-refractivity contribution in [3.63, 3.8) is 0 Å². The highest BCUT2D eigenvalue weighted by molar-refractivity contribution is 6.35. The average Bonchev–Trinajstić information content (AvgIpc) is 2.76. The van der Waals surface area contributed by atoms with Crippen LogP contribution < -0.4 is 5.32 Å². The van der Waals surface area contributed by atoms with Gasteiger partial charge in [0.1, 0.15) is 0 Å². The van der Waals surface area contributed by atoms with E-state index in [1.807, 2.05) is 19.2 Å². The normalized spacial score (nSPS) is 10.8. The van der Waals surface area contributed by atoms with E-state index in [1.54, 1.807) is 10.7 Å². The molecule has 5 nitrogen and oxygen atoms in total. The lowest BCUT2D eigenvalue weighted by molar-refractivity contribution is 0.553. The molecular weight excluding hydrogens is 273 g/mol. The van der Waals surface area contributed by atoms with Crippen molar-refractivity contribution in [1.29, 1.82) is 0 Å². The molecule has 0 spiro atoms. The second-order valence-corrected chi connectivity index (χ2v) is 4.68. The molecule has 7 heteroatoms. The molecule has 2 rings (SSSR count). The zero-order valence-corrected chi connectivity index (χ0v) is 11.4. The van der Waals surface area contributed by atoms with Gasteiger partial charge in [0.2, 0.25) is 0 Å². The summed E-state index contributed by atoms with van der Waals surface area (Å²) < 4.78 is 1.77. The van der Waals surface area contributed by atoms with Crippen molar-refractivity contribution in [3.05, 3.63) is 39.6 Å². The van der Waals surface area contributed by atoms with Gasteiger partial charge >= 0.3 is 0 Å². The molecule has 18 heavy (non-hydrogen) atoms. The Balaban J connectivity index is 2.04. The highest BCUT2D eigenvalue weighted by Crippen LogP contribution is 2.21. The molecule has 0 aliphatic carbocycles. The molecule has 0 aliphatic rings. The maximum absolute atomic E-state index is 6.11. The van der Waals surface area contributed by atoms with E-state index in [-0.39, 0.29) is 0 Å². The molecule has 1 aromatic heterocycles. The number of tetrazole rings is 1. The molecule has 0 fully saturated rings. The fraction of sp³-hybridized carbons (Fsp3) is 0.364. The van der Waals surface area contributed by atoms with E-state index in [0.717, 1.165) is 17.8 Å². The monoisotopic (exact) mass is 285 g/mol. The van der Waals surface area contributed by atoms with Crippen LogP contribution in [-0.4, -0.2) is 27.3 Å². The van der Waals surface area contributed by atoms with Gasteiger partial charge in [0.25, 0.3) is 0 Å². The summed E-state index contributed by atoms with van der Waals surface area (Å²) >= 11 is 12.0. The van der Waals surface area contributed by atoms with Gasteiger partial charge in [-0.3, -0.25) is 0 Å². The van der Waals surface area contributed by atoms with Gasteiger partial charge in [0.15, 0.2) is 5.82 Å². The summed E-state index contributed by atoms with van der Waals surface area (Å²) in [5.41, 5.74) is 1.03. The number of hydrogen-bond acceptors (Lipinski definition) is 4. The molecule has 0 unspecified atom stereocenters. The van der Waals surface area contributed by atoms with Crippen molar-refractivity contribution in [2.24, 2.45) is 0 Å². The molecule has 1 N–H and O–H groups in total. The van der Waals surface area contributed by atoms with E-state index in [0.29, 0.717) is 23.1 Å². The van der Waals surface area contributed by atoms with Crippen molar-refractivity contribution in [2.45, 2.75) is 19.5 Å². The number of aryl methyl sites for hydroxylation is 2. The van der Waals surface area contributed by atoms with Gasteiger partial charge in [0, 0.05) is 16.6 Å². The predicted molar refractivity (Wildman–Crippen MR) is 70.7 cm³/mol. The zero-order chi connectivity index (χ0) is 13.0. The summed E-state index contributed by atoms with van der Waals surface area (Å²) in [5, 5.41) is 15.9. The van der Waals surface area contributed by atoms with Crippen molar-refractivity contribution in [2.75, 3.05) is 7.05 Å². The minimum absolute atomic E-state index is 0.640. The number of benzene rings is 1. The highest BCUT2D eigenvalue weighted by atomic mass is 35.5. The summed E-state index contributed by atoms with van der Waals surface area (Å²) in [5.74, 6) is 0.808. The van der Waals surface area contributed by atoms with E-state index >= 15 is 0 Å². The standard InChI is InChI=1S/C11H13Cl2N5/c1-14-7-11-15-16-17-18(11)5-4-8-2-3-9(12)6-10(8)13/h2-3,6,14H,4-5,7H2,1H3. The van der Waals surface area contributed by atoms with E-state index in [2.05, 4.69) is 20.8 Å². The van der Waals surface area contributed by atoms with Crippen LogP contribution in [0.15, 0.2) is 18.2 Å². The Bertz CT molecular complexity index is 526. The third-order valence-electron chi connectivity index (χ3n) is 2.55. The van der Waals surface area contributed by atoms with Gasteiger partial charge < -0.3 is 5.32 Å². The van der Waals surface area contributed by atoms with E-state index in [4.69, 9.17) is 23.2 Å². The van der Waals surface area contributed by atoms with Crippen LogP contribution in [0.4, 0.5) is 0 Å². The second-order valence-electron chi connectivity index (χ2n) is 3.83. The maximum Gasteiger partial charge on any atom is 0.165 e.